The predicted molar refractivity (Wildman–Crippen MR) is 55.9 cm³/mol. The molecule has 2 heteroatoms. The summed E-state index contributed by atoms with van der Waals surface area (Å²) < 4.78 is 5.01. The van der Waals surface area contributed by atoms with Crippen molar-refractivity contribution in [2.24, 2.45) is 5.92 Å². The van der Waals surface area contributed by atoms with E-state index in [0.29, 0.717) is 0 Å². The van der Waals surface area contributed by atoms with E-state index in [1.807, 2.05) is 0 Å². The molecular weight excluding hydrogens is 162 g/mol. The average molecular weight is 185 g/mol. The molecule has 0 radical (unpaired) electrons. The minimum atomic E-state index is 0.778. The highest BCUT2D eigenvalue weighted by Crippen LogP contribution is 2.23. The Morgan fingerprint density at radius 3 is 2.92 bits per heavy atom. The van der Waals surface area contributed by atoms with Crippen LogP contribution >= 0.6 is 0 Å². The summed E-state index contributed by atoms with van der Waals surface area (Å²) in [6.45, 7) is 4.36. The molecule has 0 spiro atoms. The lowest BCUT2D eigenvalue weighted by Crippen LogP contribution is -2.34. The molecule has 0 amide bonds. The van der Waals surface area contributed by atoms with Gasteiger partial charge in [0.1, 0.15) is 0 Å². The van der Waals surface area contributed by atoms with Gasteiger partial charge in [-0.05, 0) is 31.7 Å². The molecule has 1 N–H and O–H groups in total. The zero-order valence-corrected chi connectivity index (χ0v) is 9.01. The van der Waals surface area contributed by atoms with Gasteiger partial charge in [0.25, 0.3) is 0 Å². The molecule has 0 bridgehead atoms. The van der Waals surface area contributed by atoms with Crippen LogP contribution in [0.5, 0.6) is 0 Å². The van der Waals surface area contributed by atoms with Crippen molar-refractivity contribution in [1.29, 1.82) is 0 Å². The summed E-state index contributed by atoms with van der Waals surface area (Å²) in [5.41, 5.74) is 0. The zero-order chi connectivity index (χ0) is 9.52. The molecular formula is C11H23NO. The molecule has 13 heavy (non-hydrogen) atoms. The van der Waals surface area contributed by atoms with Crippen LogP contribution in [0.4, 0.5) is 0 Å². The Balaban J connectivity index is 2.00. The first-order valence-corrected chi connectivity index (χ1v) is 5.55. The van der Waals surface area contributed by atoms with Crippen molar-refractivity contribution in [3.8, 4) is 0 Å². The molecule has 2 nitrogen and oxygen atoms in total. The molecule has 0 heterocycles. The SMILES string of the molecule is COCCCN[C@@H]1CCC[C@H](C)C1. The second-order valence-corrected chi connectivity index (χ2v) is 4.27. The summed E-state index contributed by atoms with van der Waals surface area (Å²) >= 11 is 0. The van der Waals surface area contributed by atoms with Gasteiger partial charge in [0, 0.05) is 19.8 Å². The van der Waals surface area contributed by atoms with E-state index in [9.17, 15) is 0 Å². The van der Waals surface area contributed by atoms with Crippen molar-refractivity contribution in [2.45, 2.75) is 45.1 Å². The second-order valence-electron chi connectivity index (χ2n) is 4.27. The maximum atomic E-state index is 5.01. The van der Waals surface area contributed by atoms with Gasteiger partial charge in [0.2, 0.25) is 0 Å². The van der Waals surface area contributed by atoms with Gasteiger partial charge in [-0.15, -0.1) is 0 Å². The highest BCUT2D eigenvalue weighted by Gasteiger charge is 2.17. The molecule has 0 aromatic carbocycles. The van der Waals surface area contributed by atoms with E-state index in [1.165, 1.54) is 25.7 Å². The highest BCUT2D eigenvalue weighted by molar-refractivity contribution is 4.75. The van der Waals surface area contributed by atoms with Crippen LogP contribution < -0.4 is 5.32 Å². The van der Waals surface area contributed by atoms with Gasteiger partial charge in [-0.2, -0.15) is 0 Å². The third kappa shape index (κ3) is 4.63. The highest BCUT2D eigenvalue weighted by atomic mass is 16.5. The quantitative estimate of drug-likeness (QED) is 0.663. The summed E-state index contributed by atoms with van der Waals surface area (Å²) in [5.74, 6) is 0.925. The van der Waals surface area contributed by atoms with E-state index in [4.69, 9.17) is 4.74 Å². The normalized spacial score (nSPS) is 29.1. The Kier molecular flexibility index (Phi) is 5.40. The summed E-state index contributed by atoms with van der Waals surface area (Å²) in [6.07, 6.45) is 6.71. The molecule has 1 saturated carbocycles. The molecule has 78 valence electrons. The Labute approximate surface area is 82.0 Å². The van der Waals surface area contributed by atoms with Crippen LogP contribution in [0, 0.1) is 5.92 Å². The molecule has 0 aromatic rings. The van der Waals surface area contributed by atoms with Crippen LogP contribution in [0.1, 0.15) is 39.0 Å². The van der Waals surface area contributed by atoms with Crippen molar-refractivity contribution in [1.82, 2.24) is 5.32 Å². The molecule has 0 unspecified atom stereocenters. The summed E-state index contributed by atoms with van der Waals surface area (Å²) in [4.78, 5) is 0. The maximum Gasteiger partial charge on any atom is 0.0474 e. The minimum Gasteiger partial charge on any atom is -0.385 e. The van der Waals surface area contributed by atoms with Crippen LogP contribution in [0.3, 0.4) is 0 Å². The molecule has 0 aromatic heterocycles. The third-order valence-corrected chi connectivity index (χ3v) is 2.89. The van der Waals surface area contributed by atoms with E-state index in [1.54, 1.807) is 7.11 Å². The first kappa shape index (κ1) is 11.0. The van der Waals surface area contributed by atoms with Crippen molar-refractivity contribution >= 4 is 0 Å². The van der Waals surface area contributed by atoms with Gasteiger partial charge in [-0.3, -0.25) is 0 Å². The second kappa shape index (κ2) is 6.39. The van der Waals surface area contributed by atoms with E-state index < -0.39 is 0 Å². The topological polar surface area (TPSA) is 21.3 Å². The van der Waals surface area contributed by atoms with Crippen LogP contribution in [-0.4, -0.2) is 26.3 Å². The lowest BCUT2D eigenvalue weighted by Gasteiger charge is -2.27. The molecule has 1 aliphatic rings. The minimum absolute atomic E-state index is 0.778. The lowest BCUT2D eigenvalue weighted by atomic mass is 9.87. The van der Waals surface area contributed by atoms with Crippen LogP contribution in [0.15, 0.2) is 0 Å². The van der Waals surface area contributed by atoms with E-state index in [2.05, 4.69) is 12.2 Å². The van der Waals surface area contributed by atoms with Gasteiger partial charge in [0.05, 0.1) is 0 Å². The van der Waals surface area contributed by atoms with E-state index >= 15 is 0 Å². The van der Waals surface area contributed by atoms with Crippen molar-refractivity contribution in [3.63, 3.8) is 0 Å². The summed E-state index contributed by atoms with van der Waals surface area (Å²) in [5, 5.41) is 3.61. The maximum absolute atomic E-state index is 5.01. The smallest absolute Gasteiger partial charge is 0.0474 e. The van der Waals surface area contributed by atoms with Crippen molar-refractivity contribution in [2.75, 3.05) is 20.3 Å². The fourth-order valence-corrected chi connectivity index (χ4v) is 2.14. The Morgan fingerprint density at radius 1 is 1.38 bits per heavy atom. The number of hydrogen-bond donors (Lipinski definition) is 1. The standard InChI is InChI=1S/C11H23NO/c1-10-5-3-6-11(9-10)12-7-4-8-13-2/h10-12H,3-9H2,1-2H3/t10-,11+/m0/s1. The number of methoxy groups -OCH3 is 1. The van der Waals surface area contributed by atoms with Crippen LogP contribution in [0.25, 0.3) is 0 Å². The van der Waals surface area contributed by atoms with Gasteiger partial charge in [0.15, 0.2) is 0 Å². The largest absolute Gasteiger partial charge is 0.385 e. The molecule has 1 fully saturated rings. The first-order valence-electron chi connectivity index (χ1n) is 5.55. The van der Waals surface area contributed by atoms with Gasteiger partial charge in [-0.1, -0.05) is 19.8 Å². The predicted octanol–water partition coefficient (Wildman–Crippen LogP) is 2.19. The Morgan fingerprint density at radius 2 is 2.23 bits per heavy atom. The summed E-state index contributed by atoms with van der Waals surface area (Å²) in [6, 6.07) is 0.778. The Bertz CT molecular complexity index is 127. The van der Waals surface area contributed by atoms with E-state index in [0.717, 1.165) is 31.5 Å². The van der Waals surface area contributed by atoms with Gasteiger partial charge in [-0.25, -0.2) is 0 Å². The third-order valence-electron chi connectivity index (χ3n) is 2.89. The van der Waals surface area contributed by atoms with E-state index in [-0.39, 0.29) is 0 Å². The number of rotatable bonds is 5. The molecule has 1 aliphatic carbocycles. The number of ether oxygens (including phenoxy) is 1. The first-order chi connectivity index (χ1) is 6.33. The fraction of sp³-hybridized carbons (Fsp3) is 1.00. The molecule has 1 rings (SSSR count). The van der Waals surface area contributed by atoms with Crippen LogP contribution in [-0.2, 0) is 4.74 Å². The van der Waals surface area contributed by atoms with Crippen LogP contribution in [0.2, 0.25) is 0 Å². The average Bonchev–Trinajstić information content (AvgIpc) is 2.13. The number of hydrogen-bond acceptors (Lipinski definition) is 2. The molecule has 2 atom stereocenters. The molecule has 0 saturated heterocycles. The van der Waals surface area contributed by atoms with Gasteiger partial charge < -0.3 is 10.1 Å². The fourth-order valence-electron chi connectivity index (χ4n) is 2.14. The lowest BCUT2D eigenvalue weighted by molar-refractivity contribution is 0.190. The van der Waals surface area contributed by atoms with Crippen molar-refractivity contribution < 1.29 is 4.74 Å². The summed E-state index contributed by atoms with van der Waals surface area (Å²) in [7, 11) is 1.77. The zero-order valence-electron chi connectivity index (χ0n) is 9.01. The van der Waals surface area contributed by atoms with Gasteiger partial charge >= 0.3 is 0 Å². The monoisotopic (exact) mass is 185 g/mol. The molecule has 0 aliphatic heterocycles. The Hall–Kier alpha value is -0.0800. The number of nitrogens with one attached hydrogen (secondary N) is 1. The van der Waals surface area contributed by atoms with Crippen molar-refractivity contribution in [3.05, 3.63) is 0 Å².